The molecule has 36 heavy (non-hydrogen) atoms. The second-order valence-electron chi connectivity index (χ2n) is 9.01. The van der Waals surface area contributed by atoms with Gasteiger partial charge >= 0.3 is 6.09 Å². The molecule has 2 aliphatic rings. The number of ether oxygens (including phenoxy) is 1. The van der Waals surface area contributed by atoms with Crippen LogP contribution in [0.25, 0.3) is 0 Å². The first-order valence-electron chi connectivity index (χ1n) is 11.9. The zero-order valence-electron chi connectivity index (χ0n) is 20.3. The van der Waals surface area contributed by atoms with Gasteiger partial charge < -0.3 is 20.7 Å². The zero-order chi connectivity index (χ0) is 26.0. The Morgan fingerprint density at radius 2 is 1.81 bits per heavy atom. The molecule has 0 saturated carbocycles. The van der Waals surface area contributed by atoms with E-state index in [1.165, 1.54) is 39.9 Å². The van der Waals surface area contributed by atoms with Gasteiger partial charge in [-0.25, -0.2) is 13.2 Å². The number of rotatable bonds is 6. The van der Waals surface area contributed by atoms with E-state index in [1.54, 1.807) is 11.8 Å². The number of piperidine rings is 1. The molecule has 3 heterocycles. The van der Waals surface area contributed by atoms with Crippen molar-refractivity contribution < 1.29 is 27.5 Å². The predicted octanol–water partition coefficient (Wildman–Crippen LogP) is 3.03. The van der Waals surface area contributed by atoms with Crippen LogP contribution >= 0.6 is 11.3 Å². The summed E-state index contributed by atoms with van der Waals surface area (Å²) in [6.45, 7) is 5.71. The van der Waals surface area contributed by atoms with Gasteiger partial charge in [0, 0.05) is 30.1 Å². The highest BCUT2D eigenvalue weighted by Crippen LogP contribution is 2.37. The monoisotopic (exact) mass is 534 g/mol. The molecule has 1 aromatic heterocycles. The first-order valence-corrected chi connectivity index (χ1v) is 14.1. The van der Waals surface area contributed by atoms with Crippen LogP contribution in [0.3, 0.4) is 0 Å². The fourth-order valence-electron chi connectivity index (χ4n) is 4.45. The fourth-order valence-corrected chi connectivity index (χ4v) is 7.18. The molecule has 2 aromatic rings. The van der Waals surface area contributed by atoms with Gasteiger partial charge in [0.15, 0.2) is 0 Å². The van der Waals surface area contributed by atoms with Crippen molar-refractivity contribution in [1.29, 1.82) is 0 Å². The number of fused-ring (bicyclic) bond motifs is 1. The van der Waals surface area contributed by atoms with Gasteiger partial charge in [-0.1, -0.05) is 6.92 Å². The Labute approximate surface area is 214 Å². The summed E-state index contributed by atoms with van der Waals surface area (Å²) in [5.74, 6) is -0.650. The maximum atomic E-state index is 13.0. The Balaban J connectivity index is 1.51. The number of sulfonamides is 1. The number of anilines is 1. The summed E-state index contributed by atoms with van der Waals surface area (Å²) >= 11 is 1.19. The second-order valence-corrected chi connectivity index (χ2v) is 12.1. The van der Waals surface area contributed by atoms with Crippen molar-refractivity contribution in [3.05, 3.63) is 45.8 Å². The molecule has 3 amide bonds. The van der Waals surface area contributed by atoms with Crippen LogP contribution in [0.1, 0.15) is 57.8 Å². The van der Waals surface area contributed by atoms with Gasteiger partial charge in [-0.05, 0) is 61.9 Å². The van der Waals surface area contributed by atoms with E-state index in [0.717, 1.165) is 23.3 Å². The van der Waals surface area contributed by atoms with Gasteiger partial charge in [0.05, 0.1) is 23.6 Å². The minimum atomic E-state index is -3.62. The maximum Gasteiger partial charge on any atom is 0.410 e. The highest BCUT2D eigenvalue weighted by atomic mass is 32.2. The summed E-state index contributed by atoms with van der Waals surface area (Å²) in [7, 11) is -3.62. The molecule has 4 rings (SSSR count). The van der Waals surface area contributed by atoms with Crippen molar-refractivity contribution in [2.45, 2.75) is 44.6 Å². The lowest BCUT2D eigenvalue weighted by Gasteiger charge is -2.29. The quantitative estimate of drug-likeness (QED) is 0.584. The molecule has 0 radical (unpaired) electrons. The average Bonchev–Trinajstić information content (AvgIpc) is 3.21. The lowest BCUT2D eigenvalue weighted by molar-refractivity contribution is 0.0997. The summed E-state index contributed by atoms with van der Waals surface area (Å²) in [4.78, 5) is 39.7. The van der Waals surface area contributed by atoms with Crippen molar-refractivity contribution >= 4 is 44.3 Å². The van der Waals surface area contributed by atoms with Crippen molar-refractivity contribution in [3.63, 3.8) is 0 Å². The lowest BCUT2D eigenvalue weighted by Crippen LogP contribution is -2.37. The molecule has 2 aliphatic heterocycles. The Hall–Kier alpha value is -2.96. The number of hydrogen-bond acceptors (Lipinski definition) is 7. The van der Waals surface area contributed by atoms with Gasteiger partial charge in [0.2, 0.25) is 10.0 Å². The van der Waals surface area contributed by atoms with E-state index in [1.807, 2.05) is 0 Å². The number of carbonyl (C=O) groups excluding carboxylic acids is 3. The molecule has 194 valence electrons. The summed E-state index contributed by atoms with van der Waals surface area (Å²) in [6.07, 6.45) is 1.63. The van der Waals surface area contributed by atoms with E-state index < -0.39 is 27.9 Å². The number of carbonyl (C=O) groups is 3. The molecule has 12 heteroatoms. The van der Waals surface area contributed by atoms with Crippen LogP contribution in [0.2, 0.25) is 0 Å². The SMILES string of the molecule is CCOC(=O)N1CCc2c(sc(NC(=O)c3ccc(S(=O)(=O)N4CCC(C)CC4)cc3)c2C(N)=O)C1. The summed E-state index contributed by atoms with van der Waals surface area (Å²) in [5, 5.41) is 3.05. The summed E-state index contributed by atoms with van der Waals surface area (Å²) < 4.78 is 32.5. The van der Waals surface area contributed by atoms with E-state index in [0.29, 0.717) is 37.0 Å². The van der Waals surface area contributed by atoms with E-state index in [9.17, 15) is 22.8 Å². The fraction of sp³-hybridized carbons (Fsp3) is 0.458. The third-order valence-electron chi connectivity index (χ3n) is 6.55. The highest BCUT2D eigenvalue weighted by molar-refractivity contribution is 7.89. The van der Waals surface area contributed by atoms with Crippen LogP contribution in [-0.2, 0) is 27.7 Å². The molecule has 0 bridgehead atoms. The number of thiophene rings is 1. The van der Waals surface area contributed by atoms with Crippen LogP contribution < -0.4 is 11.1 Å². The first-order chi connectivity index (χ1) is 17.1. The van der Waals surface area contributed by atoms with Crippen molar-refractivity contribution in [3.8, 4) is 0 Å². The molecule has 1 aromatic carbocycles. The molecule has 0 unspecified atom stereocenters. The molecule has 0 atom stereocenters. The van der Waals surface area contributed by atoms with Gasteiger partial charge in [-0.3, -0.25) is 9.59 Å². The molecule has 1 saturated heterocycles. The van der Waals surface area contributed by atoms with Crippen LogP contribution in [0.15, 0.2) is 29.2 Å². The van der Waals surface area contributed by atoms with Gasteiger partial charge in [0.25, 0.3) is 11.8 Å². The Bertz CT molecular complexity index is 1260. The Kier molecular flexibility index (Phi) is 7.67. The average molecular weight is 535 g/mol. The third kappa shape index (κ3) is 5.25. The van der Waals surface area contributed by atoms with Gasteiger partial charge in [-0.2, -0.15) is 4.31 Å². The second kappa shape index (κ2) is 10.6. The lowest BCUT2D eigenvalue weighted by atomic mass is 10.0. The van der Waals surface area contributed by atoms with Gasteiger partial charge in [0.1, 0.15) is 5.00 Å². The summed E-state index contributed by atoms with van der Waals surface area (Å²) in [6, 6.07) is 5.76. The van der Waals surface area contributed by atoms with Crippen LogP contribution in [0.5, 0.6) is 0 Å². The number of nitrogens with one attached hydrogen (secondary N) is 1. The molecular formula is C24H30N4O6S2. The topological polar surface area (TPSA) is 139 Å². The van der Waals surface area contributed by atoms with Gasteiger partial charge in [-0.15, -0.1) is 11.3 Å². The smallest absolute Gasteiger partial charge is 0.410 e. The van der Waals surface area contributed by atoms with E-state index >= 15 is 0 Å². The minimum absolute atomic E-state index is 0.136. The van der Waals surface area contributed by atoms with Crippen molar-refractivity contribution in [2.24, 2.45) is 11.7 Å². The number of nitrogens with two attached hydrogens (primary N) is 1. The predicted molar refractivity (Wildman–Crippen MR) is 136 cm³/mol. The van der Waals surface area contributed by atoms with Crippen molar-refractivity contribution in [2.75, 3.05) is 31.6 Å². The number of hydrogen-bond donors (Lipinski definition) is 2. The van der Waals surface area contributed by atoms with Crippen LogP contribution in [0.4, 0.5) is 9.80 Å². The largest absolute Gasteiger partial charge is 0.450 e. The first kappa shape index (κ1) is 26.1. The summed E-state index contributed by atoms with van der Waals surface area (Å²) in [5.41, 5.74) is 6.84. The number of amides is 3. The Morgan fingerprint density at radius 1 is 1.14 bits per heavy atom. The highest BCUT2D eigenvalue weighted by Gasteiger charge is 2.31. The minimum Gasteiger partial charge on any atom is -0.450 e. The van der Waals surface area contributed by atoms with Crippen LogP contribution in [-0.4, -0.2) is 61.8 Å². The van der Waals surface area contributed by atoms with E-state index in [2.05, 4.69) is 12.2 Å². The van der Waals surface area contributed by atoms with Crippen LogP contribution in [0, 0.1) is 5.92 Å². The zero-order valence-corrected chi connectivity index (χ0v) is 21.9. The molecule has 1 fully saturated rings. The maximum absolute atomic E-state index is 13.0. The molecule has 3 N–H and O–H groups in total. The van der Waals surface area contributed by atoms with Crippen molar-refractivity contribution in [1.82, 2.24) is 9.21 Å². The third-order valence-corrected chi connectivity index (χ3v) is 9.60. The number of benzene rings is 1. The molecule has 10 nitrogen and oxygen atoms in total. The molecule has 0 spiro atoms. The van der Waals surface area contributed by atoms with E-state index in [4.69, 9.17) is 10.5 Å². The number of nitrogens with zero attached hydrogens (tertiary/aromatic N) is 2. The normalized spacial score (nSPS) is 16.9. The standard InChI is InChI=1S/C24H30N4O6S2/c1-3-34-24(31)27-11-10-18-19(14-27)35-23(20(18)21(25)29)26-22(30)16-4-6-17(7-5-16)36(32,33)28-12-8-15(2)9-13-28/h4-7,15H,3,8-14H2,1-2H3,(H2,25,29)(H,26,30). The molecular weight excluding hydrogens is 504 g/mol. The molecule has 0 aliphatic carbocycles. The Morgan fingerprint density at radius 3 is 2.42 bits per heavy atom. The van der Waals surface area contributed by atoms with E-state index in [-0.39, 0.29) is 29.2 Å². The number of primary amides is 1.